The molecule has 0 unspecified atom stereocenters. The Balaban J connectivity index is 1.64. The molecule has 1 atom stereocenters. The van der Waals surface area contributed by atoms with Crippen LogP contribution in [0.3, 0.4) is 0 Å². The molecule has 9 nitrogen and oxygen atoms in total. The van der Waals surface area contributed by atoms with Gasteiger partial charge in [0.25, 0.3) is 0 Å². The van der Waals surface area contributed by atoms with Gasteiger partial charge >= 0.3 is 12.1 Å². The van der Waals surface area contributed by atoms with Crippen LogP contribution in [0.2, 0.25) is 0 Å². The summed E-state index contributed by atoms with van der Waals surface area (Å²) in [6.45, 7) is 6.04. The maximum absolute atomic E-state index is 12.5. The first-order valence-electron chi connectivity index (χ1n) is 10.2. The van der Waals surface area contributed by atoms with Crippen LogP contribution in [0.1, 0.15) is 33.6 Å². The zero-order valence-corrected chi connectivity index (χ0v) is 17.5. The molecule has 2 aliphatic rings. The minimum atomic E-state index is -1.02. The minimum absolute atomic E-state index is 0.0155. The van der Waals surface area contributed by atoms with Crippen molar-refractivity contribution in [2.45, 2.75) is 51.3 Å². The lowest BCUT2D eigenvalue weighted by molar-refractivity contribution is -0.139. The highest BCUT2D eigenvalue weighted by Gasteiger charge is 2.38. The largest absolute Gasteiger partial charge is 0.480 e. The molecule has 1 saturated heterocycles. The molecule has 0 bridgehead atoms. The fourth-order valence-corrected chi connectivity index (χ4v) is 3.45. The number of piperazine rings is 1. The van der Waals surface area contributed by atoms with Crippen LogP contribution in [-0.4, -0.2) is 69.4 Å². The van der Waals surface area contributed by atoms with Gasteiger partial charge < -0.3 is 25.0 Å². The molecule has 2 aromatic rings. The van der Waals surface area contributed by atoms with Crippen LogP contribution in [-0.2, 0) is 9.53 Å². The van der Waals surface area contributed by atoms with Crippen molar-refractivity contribution in [3.8, 4) is 0 Å². The van der Waals surface area contributed by atoms with Crippen LogP contribution in [0.25, 0.3) is 11.0 Å². The van der Waals surface area contributed by atoms with Gasteiger partial charge in [-0.05, 0) is 45.7 Å². The first-order chi connectivity index (χ1) is 14.2. The molecule has 4 rings (SSSR count). The van der Waals surface area contributed by atoms with E-state index in [4.69, 9.17) is 14.7 Å². The number of benzene rings is 1. The van der Waals surface area contributed by atoms with Gasteiger partial charge in [-0.15, -0.1) is 0 Å². The van der Waals surface area contributed by atoms with Gasteiger partial charge in [-0.25, -0.2) is 19.6 Å². The number of aliphatic carboxylic acids is 1. The summed E-state index contributed by atoms with van der Waals surface area (Å²) in [5.41, 5.74) is 0.814. The van der Waals surface area contributed by atoms with Gasteiger partial charge in [0.05, 0.1) is 17.6 Å². The van der Waals surface area contributed by atoms with Gasteiger partial charge in [0, 0.05) is 19.1 Å². The van der Waals surface area contributed by atoms with Crippen molar-refractivity contribution in [3.05, 3.63) is 24.3 Å². The summed E-state index contributed by atoms with van der Waals surface area (Å²) in [7, 11) is 0. The summed E-state index contributed by atoms with van der Waals surface area (Å²) >= 11 is 0. The van der Waals surface area contributed by atoms with Crippen LogP contribution in [0.5, 0.6) is 0 Å². The number of hydrogen-bond acceptors (Lipinski definition) is 7. The number of rotatable bonds is 4. The Bertz CT molecular complexity index is 970. The predicted molar refractivity (Wildman–Crippen MR) is 113 cm³/mol. The summed E-state index contributed by atoms with van der Waals surface area (Å²) in [4.78, 5) is 37.2. The fraction of sp³-hybridized carbons (Fsp3) is 0.524. The minimum Gasteiger partial charge on any atom is -0.480 e. The van der Waals surface area contributed by atoms with Crippen molar-refractivity contribution in [3.63, 3.8) is 0 Å². The maximum Gasteiger partial charge on any atom is 0.410 e. The average molecular weight is 413 g/mol. The van der Waals surface area contributed by atoms with Gasteiger partial charge in [-0.3, -0.25) is 0 Å². The second-order valence-corrected chi connectivity index (χ2v) is 8.78. The number of hydrogen-bond donors (Lipinski definition) is 2. The summed E-state index contributed by atoms with van der Waals surface area (Å²) in [6, 6.07) is 6.92. The number of ether oxygens (including phenoxy) is 1. The van der Waals surface area contributed by atoms with E-state index in [9.17, 15) is 14.7 Å². The number of para-hydroxylation sites is 2. The Morgan fingerprint density at radius 1 is 1.13 bits per heavy atom. The number of carboxylic acids is 1. The van der Waals surface area contributed by atoms with E-state index in [0.717, 1.165) is 18.4 Å². The van der Waals surface area contributed by atoms with E-state index in [0.29, 0.717) is 36.3 Å². The van der Waals surface area contributed by atoms with Gasteiger partial charge in [0.1, 0.15) is 11.6 Å². The molecule has 0 spiro atoms. The number of fused-ring (bicyclic) bond motifs is 1. The first kappa shape index (κ1) is 20.2. The van der Waals surface area contributed by atoms with E-state index in [1.165, 1.54) is 4.90 Å². The quantitative estimate of drug-likeness (QED) is 0.788. The van der Waals surface area contributed by atoms with Gasteiger partial charge in [0.2, 0.25) is 0 Å². The van der Waals surface area contributed by atoms with E-state index in [1.54, 1.807) is 25.7 Å². The Morgan fingerprint density at radius 3 is 2.40 bits per heavy atom. The smallest absolute Gasteiger partial charge is 0.410 e. The Labute approximate surface area is 175 Å². The Morgan fingerprint density at radius 2 is 1.80 bits per heavy atom. The molecule has 1 aromatic carbocycles. The second-order valence-electron chi connectivity index (χ2n) is 8.78. The third kappa shape index (κ3) is 4.39. The summed E-state index contributed by atoms with van der Waals surface area (Å²) in [5.74, 6) is 0.0839. The standard InChI is InChI=1S/C21H27N5O4/c1-21(2,3)30-20(29)25-10-11-26(16(12-25)19(27)28)18-17(22-13-8-9-13)23-14-6-4-5-7-15(14)24-18/h4-7,13,16H,8-12H2,1-3H3,(H,22,23)(H,27,28)/t16-/m1/s1. The number of carbonyl (C=O) groups excluding carboxylic acids is 1. The number of nitrogens with zero attached hydrogens (tertiary/aromatic N) is 4. The number of anilines is 2. The number of nitrogens with one attached hydrogen (secondary N) is 1. The molecule has 1 aliphatic heterocycles. The Kier molecular flexibility index (Phi) is 5.13. The maximum atomic E-state index is 12.5. The lowest BCUT2D eigenvalue weighted by atomic mass is 10.1. The molecule has 2 N–H and O–H groups in total. The molecule has 9 heteroatoms. The third-order valence-corrected chi connectivity index (χ3v) is 5.06. The number of carboxylic acid groups (broad SMARTS) is 1. The lowest BCUT2D eigenvalue weighted by Gasteiger charge is -2.40. The highest BCUT2D eigenvalue weighted by molar-refractivity contribution is 5.85. The zero-order chi connectivity index (χ0) is 21.5. The number of aromatic nitrogens is 2. The first-order valence-corrected chi connectivity index (χ1v) is 10.2. The molecule has 2 heterocycles. The highest BCUT2D eigenvalue weighted by atomic mass is 16.6. The molecule has 1 amide bonds. The molecule has 1 aliphatic carbocycles. The molecule has 0 radical (unpaired) electrons. The number of amides is 1. The summed E-state index contributed by atoms with van der Waals surface area (Å²) in [5, 5.41) is 13.3. The van der Waals surface area contributed by atoms with Gasteiger partial charge in [-0.1, -0.05) is 12.1 Å². The van der Waals surface area contributed by atoms with Gasteiger partial charge in [0.15, 0.2) is 11.6 Å². The molecule has 1 aromatic heterocycles. The molecule has 1 saturated carbocycles. The van der Waals surface area contributed by atoms with Crippen LogP contribution in [0.15, 0.2) is 24.3 Å². The SMILES string of the molecule is CC(C)(C)OC(=O)N1CCN(c2nc3ccccc3nc2NC2CC2)[C@@H](C(=O)O)C1. The van der Waals surface area contributed by atoms with Crippen molar-refractivity contribution >= 4 is 34.7 Å². The van der Waals surface area contributed by atoms with Crippen molar-refractivity contribution in [2.24, 2.45) is 0 Å². The topological polar surface area (TPSA) is 108 Å². The van der Waals surface area contributed by atoms with Crippen molar-refractivity contribution < 1.29 is 19.4 Å². The molecular weight excluding hydrogens is 386 g/mol. The van der Waals surface area contributed by atoms with E-state index in [1.807, 2.05) is 24.3 Å². The van der Waals surface area contributed by atoms with Crippen LogP contribution in [0, 0.1) is 0 Å². The molecular formula is C21H27N5O4. The summed E-state index contributed by atoms with van der Waals surface area (Å²) in [6.07, 6.45) is 1.61. The van der Waals surface area contributed by atoms with Crippen molar-refractivity contribution in [1.29, 1.82) is 0 Å². The van der Waals surface area contributed by atoms with Crippen LogP contribution in [0.4, 0.5) is 16.4 Å². The van der Waals surface area contributed by atoms with Crippen LogP contribution >= 0.6 is 0 Å². The monoisotopic (exact) mass is 413 g/mol. The fourth-order valence-electron chi connectivity index (χ4n) is 3.45. The predicted octanol–water partition coefficient (Wildman–Crippen LogP) is 2.71. The third-order valence-electron chi connectivity index (χ3n) is 5.06. The molecule has 2 fully saturated rings. The van der Waals surface area contributed by atoms with E-state index < -0.39 is 23.7 Å². The summed E-state index contributed by atoms with van der Waals surface area (Å²) < 4.78 is 5.42. The average Bonchev–Trinajstić information content (AvgIpc) is 3.49. The normalized spacial score (nSPS) is 19.6. The van der Waals surface area contributed by atoms with Gasteiger partial charge in [-0.2, -0.15) is 0 Å². The van der Waals surface area contributed by atoms with Crippen molar-refractivity contribution in [1.82, 2.24) is 14.9 Å². The Hall–Kier alpha value is -3.10. The van der Waals surface area contributed by atoms with Crippen molar-refractivity contribution in [2.75, 3.05) is 29.9 Å². The molecule has 30 heavy (non-hydrogen) atoms. The lowest BCUT2D eigenvalue weighted by Crippen LogP contribution is -2.59. The molecule has 160 valence electrons. The zero-order valence-electron chi connectivity index (χ0n) is 17.5. The second kappa shape index (κ2) is 7.62. The number of carbonyl (C=O) groups is 2. The van der Waals surface area contributed by atoms with E-state index >= 15 is 0 Å². The van der Waals surface area contributed by atoms with Crippen LogP contribution < -0.4 is 10.2 Å². The van der Waals surface area contributed by atoms with E-state index in [-0.39, 0.29) is 6.54 Å². The highest BCUT2D eigenvalue weighted by Crippen LogP contribution is 2.32. The van der Waals surface area contributed by atoms with E-state index in [2.05, 4.69) is 5.32 Å².